The zero-order valence-corrected chi connectivity index (χ0v) is 15.3. The van der Waals surface area contributed by atoms with Gasteiger partial charge >= 0.3 is 0 Å². The van der Waals surface area contributed by atoms with Crippen LogP contribution in [0.4, 0.5) is 0 Å². The summed E-state index contributed by atoms with van der Waals surface area (Å²) in [5, 5.41) is 4.00. The normalized spacial score (nSPS) is 11.5. The van der Waals surface area contributed by atoms with Crippen molar-refractivity contribution < 1.29 is 13.2 Å². The SMILES string of the molecule is O=C(CCS(=O)(=O)c1ccccc1)NCCCn1ccc2ccccc21. The average Bonchev–Trinajstić information content (AvgIpc) is 3.08. The number of aryl methyl sites for hydroxylation is 1. The van der Waals surface area contributed by atoms with Crippen LogP contribution in [0.5, 0.6) is 0 Å². The molecule has 0 bridgehead atoms. The fourth-order valence-electron chi connectivity index (χ4n) is 2.87. The second kappa shape index (κ2) is 8.19. The summed E-state index contributed by atoms with van der Waals surface area (Å²) in [6.07, 6.45) is 2.80. The Morgan fingerprint density at radius 1 is 0.962 bits per heavy atom. The molecule has 6 heteroatoms. The molecule has 2 aromatic carbocycles. The van der Waals surface area contributed by atoms with Crippen molar-refractivity contribution in [2.45, 2.75) is 24.3 Å². The fourth-order valence-corrected chi connectivity index (χ4v) is 4.14. The lowest BCUT2D eigenvalue weighted by Crippen LogP contribution is -2.27. The van der Waals surface area contributed by atoms with E-state index in [0.29, 0.717) is 6.54 Å². The number of fused-ring (bicyclic) bond motifs is 1. The van der Waals surface area contributed by atoms with Gasteiger partial charge in [0.25, 0.3) is 0 Å². The van der Waals surface area contributed by atoms with Crippen LogP contribution in [0.3, 0.4) is 0 Å². The average molecular weight is 370 g/mol. The molecule has 0 saturated heterocycles. The maximum absolute atomic E-state index is 12.2. The van der Waals surface area contributed by atoms with E-state index in [1.807, 2.05) is 18.3 Å². The summed E-state index contributed by atoms with van der Waals surface area (Å²) < 4.78 is 26.5. The van der Waals surface area contributed by atoms with Gasteiger partial charge in [0, 0.05) is 31.2 Å². The first-order valence-corrected chi connectivity index (χ1v) is 10.3. The standard InChI is InChI=1S/C20H22N2O3S/c23-20(12-16-26(24,25)18-8-2-1-3-9-18)21-13-6-14-22-15-11-17-7-4-5-10-19(17)22/h1-5,7-11,15H,6,12-14,16H2,(H,21,23). The zero-order valence-electron chi connectivity index (χ0n) is 14.5. The lowest BCUT2D eigenvalue weighted by Gasteiger charge is -2.08. The Kier molecular flexibility index (Phi) is 5.73. The third kappa shape index (κ3) is 4.52. The Balaban J connectivity index is 1.42. The van der Waals surface area contributed by atoms with Crippen LogP contribution in [0.15, 0.2) is 71.8 Å². The maximum atomic E-state index is 12.2. The molecule has 5 nitrogen and oxygen atoms in total. The predicted octanol–water partition coefficient (Wildman–Crippen LogP) is 3.01. The highest BCUT2D eigenvalue weighted by Gasteiger charge is 2.15. The Hall–Kier alpha value is -2.60. The fraction of sp³-hybridized carbons (Fsp3) is 0.250. The van der Waals surface area contributed by atoms with Crippen LogP contribution in [-0.2, 0) is 21.2 Å². The molecule has 0 atom stereocenters. The van der Waals surface area contributed by atoms with Gasteiger partial charge in [0.1, 0.15) is 0 Å². The quantitative estimate of drug-likeness (QED) is 0.620. The number of nitrogens with zero attached hydrogens (tertiary/aromatic N) is 1. The van der Waals surface area contributed by atoms with Crippen molar-refractivity contribution >= 4 is 26.6 Å². The van der Waals surface area contributed by atoms with Crippen molar-refractivity contribution in [2.75, 3.05) is 12.3 Å². The lowest BCUT2D eigenvalue weighted by molar-refractivity contribution is -0.120. The minimum atomic E-state index is -3.41. The predicted molar refractivity (Wildman–Crippen MR) is 103 cm³/mol. The number of rotatable bonds is 8. The van der Waals surface area contributed by atoms with Crippen molar-refractivity contribution in [3.05, 3.63) is 66.9 Å². The molecule has 1 aromatic heterocycles. The van der Waals surface area contributed by atoms with Gasteiger partial charge in [-0.15, -0.1) is 0 Å². The summed E-state index contributed by atoms with van der Waals surface area (Å²) in [4.78, 5) is 12.2. The van der Waals surface area contributed by atoms with E-state index in [1.165, 1.54) is 10.9 Å². The van der Waals surface area contributed by atoms with E-state index in [9.17, 15) is 13.2 Å². The van der Waals surface area contributed by atoms with Crippen molar-refractivity contribution in [3.8, 4) is 0 Å². The van der Waals surface area contributed by atoms with E-state index < -0.39 is 9.84 Å². The van der Waals surface area contributed by atoms with Gasteiger partial charge in [-0.2, -0.15) is 0 Å². The van der Waals surface area contributed by atoms with E-state index >= 15 is 0 Å². The third-order valence-electron chi connectivity index (χ3n) is 4.28. The number of carbonyl (C=O) groups is 1. The molecule has 0 spiro atoms. The molecule has 1 amide bonds. The highest BCUT2D eigenvalue weighted by atomic mass is 32.2. The lowest BCUT2D eigenvalue weighted by atomic mass is 10.2. The Bertz CT molecular complexity index is 978. The topological polar surface area (TPSA) is 68.2 Å². The van der Waals surface area contributed by atoms with Crippen LogP contribution < -0.4 is 5.32 Å². The van der Waals surface area contributed by atoms with E-state index in [2.05, 4.69) is 28.1 Å². The molecular formula is C20H22N2O3S. The number of nitrogens with one attached hydrogen (secondary N) is 1. The second-order valence-corrected chi connectivity index (χ2v) is 8.26. The Morgan fingerprint density at radius 3 is 2.50 bits per heavy atom. The number of sulfone groups is 1. The van der Waals surface area contributed by atoms with Crippen LogP contribution in [0.25, 0.3) is 10.9 Å². The van der Waals surface area contributed by atoms with Gasteiger partial charge in [0.15, 0.2) is 9.84 Å². The molecule has 0 aliphatic heterocycles. The van der Waals surface area contributed by atoms with Crippen LogP contribution in [0.1, 0.15) is 12.8 Å². The summed E-state index contributed by atoms with van der Waals surface area (Å²) in [5.74, 6) is -0.410. The molecule has 0 aliphatic carbocycles. The number of aromatic nitrogens is 1. The number of carbonyl (C=O) groups excluding carboxylic acids is 1. The minimum Gasteiger partial charge on any atom is -0.356 e. The number of benzene rings is 2. The smallest absolute Gasteiger partial charge is 0.221 e. The second-order valence-electron chi connectivity index (χ2n) is 6.15. The van der Waals surface area contributed by atoms with Crippen LogP contribution in [-0.4, -0.2) is 31.2 Å². The van der Waals surface area contributed by atoms with Crippen LogP contribution in [0.2, 0.25) is 0 Å². The van der Waals surface area contributed by atoms with Crippen LogP contribution in [0, 0.1) is 0 Å². The molecule has 0 radical (unpaired) electrons. The third-order valence-corrected chi connectivity index (χ3v) is 6.01. The number of hydrogen-bond acceptors (Lipinski definition) is 3. The number of amides is 1. The largest absolute Gasteiger partial charge is 0.356 e. The van der Waals surface area contributed by atoms with Gasteiger partial charge in [-0.05, 0) is 36.1 Å². The molecule has 1 N–H and O–H groups in total. The summed E-state index contributed by atoms with van der Waals surface area (Å²) in [5.41, 5.74) is 1.17. The van der Waals surface area contributed by atoms with E-state index in [0.717, 1.165) is 13.0 Å². The zero-order chi connectivity index (χ0) is 18.4. The van der Waals surface area contributed by atoms with Crippen LogP contribution >= 0.6 is 0 Å². The van der Waals surface area contributed by atoms with Gasteiger partial charge < -0.3 is 9.88 Å². The van der Waals surface area contributed by atoms with Gasteiger partial charge in [-0.25, -0.2) is 8.42 Å². The first-order valence-electron chi connectivity index (χ1n) is 8.65. The summed E-state index contributed by atoms with van der Waals surface area (Å²) in [6, 6.07) is 18.5. The molecule has 3 aromatic rings. The summed E-state index contributed by atoms with van der Waals surface area (Å²) in [6.45, 7) is 1.33. The molecule has 26 heavy (non-hydrogen) atoms. The monoisotopic (exact) mass is 370 g/mol. The van der Waals surface area contributed by atoms with Crippen molar-refractivity contribution in [3.63, 3.8) is 0 Å². The van der Waals surface area contributed by atoms with E-state index in [4.69, 9.17) is 0 Å². The Labute approximate surface area is 153 Å². The Morgan fingerprint density at radius 2 is 1.69 bits per heavy atom. The first-order chi connectivity index (χ1) is 12.6. The molecule has 136 valence electrons. The summed E-state index contributed by atoms with van der Waals surface area (Å²) in [7, 11) is -3.41. The summed E-state index contributed by atoms with van der Waals surface area (Å²) >= 11 is 0. The minimum absolute atomic E-state index is 0.0241. The van der Waals surface area contributed by atoms with Gasteiger partial charge in [-0.3, -0.25) is 4.79 Å². The van der Waals surface area contributed by atoms with Crippen molar-refractivity contribution in [1.29, 1.82) is 0 Å². The van der Waals surface area contributed by atoms with Crippen molar-refractivity contribution in [2.24, 2.45) is 0 Å². The molecule has 0 aliphatic rings. The van der Waals surface area contributed by atoms with Gasteiger partial charge in [0.2, 0.25) is 5.91 Å². The van der Waals surface area contributed by atoms with Gasteiger partial charge in [-0.1, -0.05) is 36.4 Å². The number of hydrogen-bond donors (Lipinski definition) is 1. The molecule has 3 rings (SSSR count). The molecule has 0 fully saturated rings. The molecule has 1 heterocycles. The molecular weight excluding hydrogens is 348 g/mol. The number of para-hydroxylation sites is 1. The van der Waals surface area contributed by atoms with E-state index in [1.54, 1.807) is 30.3 Å². The highest BCUT2D eigenvalue weighted by molar-refractivity contribution is 7.91. The van der Waals surface area contributed by atoms with Crippen molar-refractivity contribution in [1.82, 2.24) is 9.88 Å². The maximum Gasteiger partial charge on any atom is 0.221 e. The first kappa shape index (κ1) is 18.2. The highest BCUT2D eigenvalue weighted by Crippen LogP contribution is 2.15. The van der Waals surface area contributed by atoms with Gasteiger partial charge in [0.05, 0.1) is 10.6 Å². The van der Waals surface area contributed by atoms with E-state index in [-0.39, 0.29) is 23.0 Å². The molecule has 0 saturated carbocycles. The molecule has 0 unspecified atom stereocenters.